The summed E-state index contributed by atoms with van der Waals surface area (Å²) in [6, 6.07) is 2.84. The maximum Gasteiger partial charge on any atom is 0.271 e. The highest BCUT2D eigenvalue weighted by Crippen LogP contribution is 2.11. The van der Waals surface area contributed by atoms with Crippen LogP contribution in [0.2, 0.25) is 0 Å². The number of nitrogens with zero attached hydrogens (tertiary/aromatic N) is 3. The normalized spacial score (nSPS) is 11.8. The third kappa shape index (κ3) is 3.09. The first-order valence-electron chi connectivity index (χ1n) is 4.60. The summed E-state index contributed by atoms with van der Waals surface area (Å²) in [5.41, 5.74) is 0. The fraction of sp³-hybridized carbons (Fsp3) is 0.286. The van der Waals surface area contributed by atoms with Crippen LogP contribution in [-0.2, 0) is 23.1 Å². The molecule has 2 heterocycles. The van der Waals surface area contributed by atoms with Gasteiger partial charge in [0.1, 0.15) is 5.76 Å². The zero-order valence-corrected chi connectivity index (χ0v) is 9.44. The van der Waals surface area contributed by atoms with Gasteiger partial charge in [-0.3, -0.25) is 0 Å². The number of primary sulfonamides is 1. The molecule has 2 rings (SSSR count). The smallest absolute Gasteiger partial charge is 0.271 e. The summed E-state index contributed by atoms with van der Waals surface area (Å²) in [5, 5.41) is 20.8. The molecule has 0 amide bonds. The Morgan fingerprint density at radius 2 is 2.24 bits per heavy atom. The van der Waals surface area contributed by atoms with Gasteiger partial charge >= 0.3 is 0 Å². The van der Waals surface area contributed by atoms with Gasteiger partial charge < -0.3 is 9.73 Å². The number of tetrazole rings is 1. The van der Waals surface area contributed by atoms with E-state index in [0.29, 0.717) is 24.7 Å². The van der Waals surface area contributed by atoms with E-state index in [9.17, 15) is 8.42 Å². The summed E-state index contributed by atoms with van der Waals surface area (Å²) in [6.07, 6.45) is 0. The molecule has 0 aliphatic rings. The predicted octanol–water partition coefficient (Wildman–Crippen LogP) is -1.27. The Morgan fingerprint density at radius 1 is 1.41 bits per heavy atom. The zero-order chi connectivity index (χ0) is 12.3. The number of rotatable bonds is 5. The molecule has 92 valence electrons. The molecular formula is C7H10N6O3S. The Morgan fingerprint density at radius 3 is 2.82 bits per heavy atom. The standard InChI is InChI=1S/C7H10N6O3S/c8-17(14,15)7-2-1-5(16-7)3-9-4-6-10-12-13-11-6/h1-2,9H,3-4H2,(H2,8,14,15)(H,10,11,12,13). The van der Waals surface area contributed by atoms with Gasteiger partial charge in [-0.1, -0.05) is 5.21 Å². The van der Waals surface area contributed by atoms with Crippen LogP contribution in [0.25, 0.3) is 0 Å². The highest BCUT2D eigenvalue weighted by molar-refractivity contribution is 7.89. The van der Waals surface area contributed by atoms with Crippen molar-refractivity contribution in [2.75, 3.05) is 0 Å². The highest BCUT2D eigenvalue weighted by Gasteiger charge is 2.12. The lowest BCUT2D eigenvalue weighted by Gasteiger charge is -1.97. The van der Waals surface area contributed by atoms with Crippen molar-refractivity contribution in [1.29, 1.82) is 0 Å². The van der Waals surface area contributed by atoms with Crippen LogP contribution in [0, 0.1) is 0 Å². The van der Waals surface area contributed by atoms with E-state index in [0.717, 1.165) is 0 Å². The van der Waals surface area contributed by atoms with Crippen molar-refractivity contribution >= 4 is 10.0 Å². The molecule has 2 aromatic heterocycles. The molecule has 2 aromatic rings. The van der Waals surface area contributed by atoms with E-state index in [1.807, 2.05) is 0 Å². The molecule has 0 unspecified atom stereocenters. The monoisotopic (exact) mass is 258 g/mol. The van der Waals surface area contributed by atoms with Gasteiger partial charge in [-0.25, -0.2) is 13.6 Å². The first kappa shape index (κ1) is 11.7. The number of nitrogens with two attached hydrogens (primary N) is 1. The van der Waals surface area contributed by atoms with Crippen LogP contribution in [-0.4, -0.2) is 29.0 Å². The quantitative estimate of drug-likeness (QED) is 0.607. The molecule has 9 nitrogen and oxygen atoms in total. The van der Waals surface area contributed by atoms with Crippen LogP contribution >= 0.6 is 0 Å². The highest BCUT2D eigenvalue weighted by atomic mass is 32.2. The summed E-state index contributed by atoms with van der Waals surface area (Å²) in [6.45, 7) is 0.728. The molecular weight excluding hydrogens is 248 g/mol. The summed E-state index contributed by atoms with van der Waals surface area (Å²) < 4.78 is 26.9. The van der Waals surface area contributed by atoms with Crippen molar-refractivity contribution in [2.24, 2.45) is 5.14 Å². The van der Waals surface area contributed by atoms with Gasteiger partial charge in [0.15, 0.2) is 5.82 Å². The van der Waals surface area contributed by atoms with Crippen molar-refractivity contribution in [2.45, 2.75) is 18.2 Å². The fourth-order valence-corrected chi connectivity index (χ4v) is 1.64. The van der Waals surface area contributed by atoms with Gasteiger partial charge in [-0.05, 0) is 12.1 Å². The fourth-order valence-electron chi connectivity index (χ4n) is 1.16. The lowest BCUT2D eigenvalue weighted by Crippen LogP contribution is -2.13. The number of hydrogen-bond donors (Lipinski definition) is 3. The molecule has 0 aromatic carbocycles. The second-order valence-corrected chi connectivity index (χ2v) is 4.69. The Kier molecular flexibility index (Phi) is 3.17. The maximum atomic E-state index is 10.9. The van der Waals surface area contributed by atoms with Crippen LogP contribution in [0.15, 0.2) is 21.6 Å². The minimum absolute atomic E-state index is 0.256. The number of hydrogen-bond acceptors (Lipinski definition) is 7. The lowest BCUT2D eigenvalue weighted by atomic mass is 10.4. The van der Waals surface area contributed by atoms with E-state index in [1.54, 1.807) is 0 Å². The molecule has 0 aliphatic heterocycles. The largest absolute Gasteiger partial charge is 0.447 e. The molecule has 0 saturated carbocycles. The number of sulfonamides is 1. The zero-order valence-electron chi connectivity index (χ0n) is 8.62. The number of nitrogens with one attached hydrogen (secondary N) is 2. The van der Waals surface area contributed by atoms with Gasteiger partial charge in [-0.15, -0.1) is 10.2 Å². The molecule has 0 fully saturated rings. The number of H-pyrrole nitrogens is 1. The molecule has 0 radical (unpaired) electrons. The third-order valence-corrected chi connectivity index (χ3v) is 2.67. The van der Waals surface area contributed by atoms with Gasteiger partial charge in [0.05, 0.1) is 13.1 Å². The summed E-state index contributed by atoms with van der Waals surface area (Å²) >= 11 is 0. The molecule has 0 aliphatic carbocycles. The third-order valence-electron chi connectivity index (χ3n) is 1.89. The predicted molar refractivity (Wildman–Crippen MR) is 54.8 cm³/mol. The Labute approximate surface area is 96.4 Å². The number of aromatic amines is 1. The first-order valence-corrected chi connectivity index (χ1v) is 6.15. The van der Waals surface area contributed by atoms with E-state index in [4.69, 9.17) is 9.56 Å². The van der Waals surface area contributed by atoms with Crippen molar-refractivity contribution in [1.82, 2.24) is 25.9 Å². The van der Waals surface area contributed by atoms with Gasteiger partial charge in [0.2, 0.25) is 5.09 Å². The van der Waals surface area contributed by atoms with E-state index in [2.05, 4.69) is 25.9 Å². The van der Waals surface area contributed by atoms with Crippen molar-refractivity contribution in [3.63, 3.8) is 0 Å². The molecule has 17 heavy (non-hydrogen) atoms. The SMILES string of the molecule is NS(=O)(=O)c1ccc(CNCc2nn[nH]n2)o1. The summed E-state index contributed by atoms with van der Waals surface area (Å²) in [4.78, 5) is 0. The maximum absolute atomic E-state index is 10.9. The van der Waals surface area contributed by atoms with Gasteiger partial charge in [0, 0.05) is 0 Å². The van der Waals surface area contributed by atoms with Crippen molar-refractivity contribution < 1.29 is 12.8 Å². The van der Waals surface area contributed by atoms with Gasteiger partial charge in [0.25, 0.3) is 10.0 Å². The summed E-state index contributed by atoms with van der Waals surface area (Å²) in [5.74, 6) is 0.959. The van der Waals surface area contributed by atoms with E-state index in [-0.39, 0.29) is 5.09 Å². The van der Waals surface area contributed by atoms with Gasteiger partial charge in [-0.2, -0.15) is 5.21 Å². The van der Waals surface area contributed by atoms with Crippen molar-refractivity contribution in [3.05, 3.63) is 23.7 Å². The molecule has 0 spiro atoms. The van der Waals surface area contributed by atoms with Crippen LogP contribution in [0.5, 0.6) is 0 Å². The molecule has 0 saturated heterocycles. The number of aromatic nitrogens is 4. The first-order chi connectivity index (χ1) is 8.05. The average Bonchev–Trinajstić information content (AvgIpc) is 2.86. The van der Waals surface area contributed by atoms with Crippen LogP contribution in [0.4, 0.5) is 0 Å². The topological polar surface area (TPSA) is 140 Å². The van der Waals surface area contributed by atoms with Crippen LogP contribution < -0.4 is 10.5 Å². The Hall–Kier alpha value is -1.78. The molecule has 4 N–H and O–H groups in total. The minimum atomic E-state index is -3.78. The average molecular weight is 258 g/mol. The minimum Gasteiger partial charge on any atom is -0.447 e. The summed E-state index contributed by atoms with van der Waals surface area (Å²) in [7, 11) is -3.78. The van der Waals surface area contributed by atoms with E-state index in [1.165, 1.54) is 12.1 Å². The van der Waals surface area contributed by atoms with Crippen LogP contribution in [0.3, 0.4) is 0 Å². The Bertz CT molecular complexity index is 575. The Balaban J connectivity index is 1.90. The van der Waals surface area contributed by atoms with E-state index >= 15 is 0 Å². The van der Waals surface area contributed by atoms with Crippen LogP contribution in [0.1, 0.15) is 11.6 Å². The number of furan rings is 1. The van der Waals surface area contributed by atoms with Crippen molar-refractivity contribution in [3.8, 4) is 0 Å². The molecule has 0 atom stereocenters. The molecule has 0 bridgehead atoms. The molecule has 10 heteroatoms. The second-order valence-electron chi connectivity index (χ2n) is 3.20. The van der Waals surface area contributed by atoms with E-state index < -0.39 is 10.0 Å². The lowest BCUT2D eigenvalue weighted by molar-refractivity contribution is 0.401. The second kappa shape index (κ2) is 4.61.